The van der Waals surface area contributed by atoms with E-state index in [1.807, 2.05) is 20.8 Å². The maximum absolute atomic E-state index is 12.1. The Labute approximate surface area is 114 Å². The van der Waals surface area contributed by atoms with E-state index in [0.29, 0.717) is 0 Å². The first-order valence-electron chi connectivity index (χ1n) is 7.10. The van der Waals surface area contributed by atoms with Crippen molar-refractivity contribution in [2.45, 2.75) is 64.8 Å². The van der Waals surface area contributed by atoms with Gasteiger partial charge < -0.3 is 5.32 Å². The number of rotatable bonds is 2. The van der Waals surface area contributed by atoms with E-state index < -0.39 is 0 Å². The van der Waals surface area contributed by atoms with Crippen LogP contribution >= 0.6 is 0 Å². The van der Waals surface area contributed by atoms with Crippen LogP contribution in [0.1, 0.15) is 69.8 Å². The molecule has 19 heavy (non-hydrogen) atoms. The van der Waals surface area contributed by atoms with Crippen LogP contribution in [0.3, 0.4) is 0 Å². The molecule has 0 radical (unpaired) electrons. The van der Waals surface area contributed by atoms with Gasteiger partial charge in [0, 0.05) is 11.5 Å². The molecule has 5 heteroatoms. The Morgan fingerprint density at radius 2 is 1.89 bits per heavy atom. The largest absolute Gasteiger partial charge is 0.347 e. The zero-order valence-electron chi connectivity index (χ0n) is 12.3. The quantitative estimate of drug-likeness (QED) is 0.861. The standard InChI is InChI=1S/C14H24N4O/c1-9-5-7-10(8-6-9)15-12(19)11-16-13(18-17-11)14(2,3)4/h9-10H,5-8H2,1-4H3,(H,15,19)(H,16,17,18). The third-order valence-corrected chi connectivity index (χ3v) is 3.75. The van der Waals surface area contributed by atoms with Crippen LogP contribution in [0.25, 0.3) is 0 Å². The van der Waals surface area contributed by atoms with E-state index >= 15 is 0 Å². The van der Waals surface area contributed by atoms with Gasteiger partial charge in [-0.15, -0.1) is 5.10 Å². The molecular formula is C14H24N4O. The average Bonchev–Trinajstić information content (AvgIpc) is 2.81. The minimum Gasteiger partial charge on any atom is -0.347 e. The molecule has 0 saturated heterocycles. The van der Waals surface area contributed by atoms with Crippen LogP contribution in [0, 0.1) is 5.92 Å². The van der Waals surface area contributed by atoms with E-state index in [2.05, 4.69) is 27.4 Å². The van der Waals surface area contributed by atoms with Gasteiger partial charge in [-0.1, -0.05) is 27.7 Å². The summed E-state index contributed by atoms with van der Waals surface area (Å²) in [6, 6.07) is 0.278. The highest BCUT2D eigenvalue weighted by Crippen LogP contribution is 2.23. The van der Waals surface area contributed by atoms with Crippen molar-refractivity contribution in [1.82, 2.24) is 20.5 Å². The summed E-state index contributed by atoms with van der Waals surface area (Å²) in [5.74, 6) is 1.62. The van der Waals surface area contributed by atoms with Crippen LogP contribution in [0.4, 0.5) is 0 Å². The van der Waals surface area contributed by atoms with E-state index in [-0.39, 0.29) is 23.2 Å². The summed E-state index contributed by atoms with van der Waals surface area (Å²) in [4.78, 5) is 16.4. The molecular weight excluding hydrogens is 240 g/mol. The van der Waals surface area contributed by atoms with Crippen molar-refractivity contribution >= 4 is 5.91 Å². The van der Waals surface area contributed by atoms with E-state index in [0.717, 1.165) is 24.6 Å². The fourth-order valence-corrected chi connectivity index (χ4v) is 2.35. The topological polar surface area (TPSA) is 70.7 Å². The first-order chi connectivity index (χ1) is 8.86. The molecule has 0 atom stereocenters. The normalized spacial score (nSPS) is 24.2. The number of carbonyl (C=O) groups excluding carboxylic acids is 1. The van der Waals surface area contributed by atoms with Crippen LogP contribution in [0.5, 0.6) is 0 Å². The summed E-state index contributed by atoms with van der Waals surface area (Å²) < 4.78 is 0. The van der Waals surface area contributed by atoms with E-state index in [1.54, 1.807) is 0 Å². The lowest BCUT2D eigenvalue weighted by Gasteiger charge is -2.26. The van der Waals surface area contributed by atoms with Crippen molar-refractivity contribution in [2.75, 3.05) is 0 Å². The molecule has 1 aromatic heterocycles. The van der Waals surface area contributed by atoms with Crippen LogP contribution in [0.15, 0.2) is 0 Å². The Bertz CT molecular complexity index is 439. The second kappa shape index (κ2) is 5.31. The number of nitrogens with one attached hydrogen (secondary N) is 2. The molecule has 1 aliphatic rings. The molecule has 0 spiro atoms. The van der Waals surface area contributed by atoms with Crippen molar-refractivity contribution < 1.29 is 4.79 Å². The highest BCUT2D eigenvalue weighted by molar-refractivity contribution is 5.90. The van der Waals surface area contributed by atoms with Gasteiger partial charge >= 0.3 is 0 Å². The number of carbonyl (C=O) groups is 1. The monoisotopic (exact) mass is 264 g/mol. The van der Waals surface area contributed by atoms with Crippen molar-refractivity contribution in [3.8, 4) is 0 Å². The van der Waals surface area contributed by atoms with Gasteiger partial charge in [0.1, 0.15) is 5.82 Å². The maximum Gasteiger partial charge on any atom is 0.291 e. The lowest BCUT2D eigenvalue weighted by Crippen LogP contribution is -2.37. The van der Waals surface area contributed by atoms with E-state index in [9.17, 15) is 4.79 Å². The van der Waals surface area contributed by atoms with Crippen LogP contribution < -0.4 is 5.32 Å². The van der Waals surface area contributed by atoms with Crippen LogP contribution in [0.2, 0.25) is 0 Å². The molecule has 1 saturated carbocycles. The van der Waals surface area contributed by atoms with Crippen molar-refractivity contribution in [2.24, 2.45) is 5.92 Å². The molecule has 0 aromatic carbocycles. The molecule has 106 valence electrons. The van der Waals surface area contributed by atoms with Gasteiger partial charge in [-0.3, -0.25) is 9.89 Å². The summed E-state index contributed by atoms with van der Waals surface area (Å²) in [6.45, 7) is 8.39. The zero-order valence-corrected chi connectivity index (χ0v) is 12.3. The molecule has 0 bridgehead atoms. The van der Waals surface area contributed by atoms with Gasteiger partial charge in [0.15, 0.2) is 0 Å². The summed E-state index contributed by atoms with van der Waals surface area (Å²) in [7, 11) is 0. The van der Waals surface area contributed by atoms with Gasteiger partial charge in [-0.2, -0.15) is 0 Å². The summed E-state index contributed by atoms with van der Waals surface area (Å²) >= 11 is 0. The lowest BCUT2D eigenvalue weighted by atomic mass is 9.87. The average molecular weight is 264 g/mol. The number of nitrogens with zero attached hydrogens (tertiary/aromatic N) is 2. The van der Waals surface area contributed by atoms with Gasteiger partial charge in [-0.05, 0) is 31.6 Å². The third kappa shape index (κ3) is 3.55. The fourth-order valence-electron chi connectivity index (χ4n) is 2.35. The summed E-state index contributed by atoms with van der Waals surface area (Å²) in [5, 5.41) is 9.90. The van der Waals surface area contributed by atoms with Crippen LogP contribution in [-0.2, 0) is 5.41 Å². The Kier molecular flexibility index (Phi) is 3.92. The second-order valence-electron chi connectivity index (χ2n) is 6.69. The van der Waals surface area contributed by atoms with Crippen molar-refractivity contribution in [1.29, 1.82) is 0 Å². The molecule has 1 aromatic rings. The van der Waals surface area contributed by atoms with E-state index in [4.69, 9.17) is 0 Å². The highest BCUT2D eigenvalue weighted by Gasteiger charge is 2.24. The number of hydrogen-bond acceptors (Lipinski definition) is 3. The molecule has 2 rings (SSSR count). The minimum atomic E-state index is -0.161. The Balaban J connectivity index is 1.95. The van der Waals surface area contributed by atoms with Crippen LogP contribution in [-0.4, -0.2) is 27.1 Å². The number of H-pyrrole nitrogens is 1. The summed E-state index contributed by atoms with van der Waals surface area (Å²) in [5.41, 5.74) is -0.119. The van der Waals surface area contributed by atoms with Gasteiger partial charge in [0.25, 0.3) is 5.91 Å². The van der Waals surface area contributed by atoms with Gasteiger partial charge in [0.2, 0.25) is 5.82 Å². The molecule has 5 nitrogen and oxygen atoms in total. The second-order valence-corrected chi connectivity index (χ2v) is 6.69. The Morgan fingerprint density at radius 1 is 1.26 bits per heavy atom. The number of aromatic nitrogens is 3. The molecule has 1 fully saturated rings. The molecule has 1 amide bonds. The third-order valence-electron chi connectivity index (χ3n) is 3.75. The number of aromatic amines is 1. The molecule has 1 heterocycles. The van der Waals surface area contributed by atoms with Crippen molar-refractivity contribution in [3.05, 3.63) is 11.6 Å². The fraction of sp³-hybridized carbons (Fsp3) is 0.786. The number of amides is 1. The molecule has 0 aliphatic heterocycles. The first kappa shape index (κ1) is 14.0. The van der Waals surface area contributed by atoms with Crippen molar-refractivity contribution in [3.63, 3.8) is 0 Å². The van der Waals surface area contributed by atoms with E-state index in [1.165, 1.54) is 12.8 Å². The zero-order chi connectivity index (χ0) is 14.0. The maximum atomic E-state index is 12.1. The molecule has 0 unspecified atom stereocenters. The van der Waals surface area contributed by atoms with Gasteiger partial charge in [0.05, 0.1) is 0 Å². The SMILES string of the molecule is CC1CCC(NC(=O)c2n[nH]c(C(C)(C)C)n2)CC1. The highest BCUT2D eigenvalue weighted by atomic mass is 16.2. The van der Waals surface area contributed by atoms with Gasteiger partial charge in [-0.25, -0.2) is 4.98 Å². The number of hydrogen-bond donors (Lipinski definition) is 2. The summed E-state index contributed by atoms with van der Waals surface area (Å²) in [6.07, 6.45) is 4.49. The minimum absolute atomic E-state index is 0.119. The Morgan fingerprint density at radius 3 is 2.42 bits per heavy atom. The smallest absolute Gasteiger partial charge is 0.291 e. The lowest BCUT2D eigenvalue weighted by molar-refractivity contribution is 0.0912. The molecule has 2 N–H and O–H groups in total. The molecule has 1 aliphatic carbocycles. The predicted octanol–water partition coefficient (Wildman–Crippen LogP) is 2.41. The predicted molar refractivity (Wildman–Crippen MR) is 74.0 cm³/mol. The first-order valence-corrected chi connectivity index (χ1v) is 7.10. The Hall–Kier alpha value is -1.39.